The van der Waals surface area contributed by atoms with Crippen LogP contribution in [0.25, 0.3) is 0 Å². The van der Waals surface area contributed by atoms with Crippen molar-refractivity contribution in [3.05, 3.63) is 51.5 Å². The van der Waals surface area contributed by atoms with Crippen LogP contribution in [0, 0.1) is 0 Å². The van der Waals surface area contributed by atoms with E-state index in [2.05, 4.69) is 46.4 Å². The highest BCUT2D eigenvalue weighted by molar-refractivity contribution is 7.09. The van der Waals surface area contributed by atoms with Crippen molar-refractivity contribution >= 4 is 17.4 Å². The van der Waals surface area contributed by atoms with Crippen LogP contribution in [-0.2, 0) is 25.8 Å². The predicted molar refractivity (Wildman–Crippen MR) is 123 cm³/mol. The molecular formula is C24H34N4OS. The zero-order valence-electron chi connectivity index (χ0n) is 18.1. The van der Waals surface area contributed by atoms with E-state index in [0.29, 0.717) is 6.04 Å². The normalized spacial score (nSPS) is 18.2. The molecule has 5 nitrogen and oxygen atoms in total. The van der Waals surface area contributed by atoms with Gasteiger partial charge >= 0.3 is 6.03 Å². The maximum absolute atomic E-state index is 12.5. The molecule has 1 aromatic heterocycles. The van der Waals surface area contributed by atoms with Crippen molar-refractivity contribution in [2.45, 2.75) is 64.5 Å². The van der Waals surface area contributed by atoms with Crippen molar-refractivity contribution in [1.82, 2.24) is 20.1 Å². The van der Waals surface area contributed by atoms with Gasteiger partial charge in [0.15, 0.2) is 0 Å². The first-order valence-corrected chi connectivity index (χ1v) is 12.4. The number of urea groups is 1. The molecule has 2 heterocycles. The summed E-state index contributed by atoms with van der Waals surface area (Å²) < 4.78 is 0. The van der Waals surface area contributed by atoms with Crippen LogP contribution in [0.1, 0.15) is 54.3 Å². The van der Waals surface area contributed by atoms with E-state index in [1.807, 2.05) is 21.7 Å². The summed E-state index contributed by atoms with van der Waals surface area (Å²) in [6.45, 7) is 6.87. The number of nitrogens with zero attached hydrogens (tertiary/aromatic N) is 3. The summed E-state index contributed by atoms with van der Waals surface area (Å²) in [5.41, 5.74) is 5.99. The summed E-state index contributed by atoms with van der Waals surface area (Å²) in [6.07, 6.45) is 7.83. The summed E-state index contributed by atoms with van der Waals surface area (Å²) in [7, 11) is 0. The van der Waals surface area contributed by atoms with E-state index < -0.39 is 0 Å². The maximum atomic E-state index is 12.5. The number of carbonyl (C=O) groups is 1. The van der Waals surface area contributed by atoms with Gasteiger partial charge < -0.3 is 15.1 Å². The molecule has 1 aromatic carbocycles. The van der Waals surface area contributed by atoms with Gasteiger partial charge in [-0.25, -0.2) is 9.78 Å². The van der Waals surface area contributed by atoms with E-state index in [1.54, 1.807) is 0 Å². The zero-order chi connectivity index (χ0) is 20.8. The molecule has 6 heteroatoms. The fraction of sp³-hybridized carbons (Fsp3) is 0.583. The van der Waals surface area contributed by atoms with E-state index in [4.69, 9.17) is 0 Å². The molecule has 1 unspecified atom stereocenters. The minimum Gasteiger partial charge on any atom is -0.338 e. The molecule has 0 spiro atoms. The smallest absolute Gasteiger partial charge is 0.317 e. The van der Waals surface area contributed by atoms with Gasteiger partial charge in [0.1, 0.15) is 0 Å². The molecule has 1 atom stereocenters. The Balaban J connectivity index is 1.17. The molecule has 30 heavy (non-hydrogen) atoms. The minimum absolute atomic E-state index is 0.0833. The molecule has 2 aliphatic rings. The third-order valence-electron chi connectivity index (χ3n) is 6.45. The molecule has 0 fully saturated rings. The van der Waals surface area contributed by atoms with Gasteiger partial charge in [-0.3, -0.25) is 0 Å². The highest BCUT2D eigenvalue weighted by Gasteiger charge is 2.25. The van der Waals surface area contributed by atoms with E-state index in [9.17, 15) is 4.79 Å². The summed E-state index contributed by atoms with van der Waals surface area (Å²) in [6, 6.07) is 9.19. The average Bonchev–Trinajstić information content (AvgIpc) is 3.25. The molecule has 2 amide bonds. The number of thiazole rings is 1. The van der Waals surface area contributed by atoms with Crippen molar-refractivity contribution in [2.24, 2.45) is 0 Å². The Morgan fingerprint density at radius 1 is 1.23 bits per heavy atom. The van der Waals surface area contributed by atoms with Gasteiger partial charge in [-0.05, 0) is 69.2 Å². The van der Waals surface area contributed by atoms with Crippen molar-refractivity contribution in [2.75, 3.05) is 26.2 Å². The van der Waals surface area contributed by atoms with Crippen molar-refractivity contribution in [1.29, 1.82) is 0 Å². The molecule has 162 valence electrons. The van der Waals surface area contributed by atoms with Gasteiger partial charge in [-0.1, -0.05) is 31.2 Å². The Bertz CT molecular complexity index is 836. The van der Waals surface area contributed by atoms with E-state index in [0.717, 1.165) is 58.3 Å². The lowest BCUT2D eigenvalue weighted by Crippen LogP contribution is -2.43. The Hall–Kier alpha value is -1.92. The molecule has 0 bridgehead atoms. The Morgan fingerprint density at radius 2 is 2.10 bits per heavy atom. The van der Waals surface area contributed by atoms with Gasteiger partial charge in [0, 0.05) is 30.6 Å². The summed E-state index contributed by atoms with van der Waals surface area (Å²) in [5, 5.41) is 3.14. The highest BCUT2D eigenvalue weighted by Crippen LogP contribution is 2.27. The number of nitrogens with one attached hydrogen (secondary N) is 1. The molecule has 1 aliphatic heterocycles. The third-order valence-corrected chi connectivity index (χ3v) is 7.35. The number of carbonyl (C=O) groups excluding carboxylic acids is 1. The Kier molecular flexibility index (Phi) is 7.39. The first-order valence-electron chi connectivity index (χ1n) is 11.5. The predicted octanol–water partition coefficient (Wildman–Crippen LogP) is 4.26. The summed E-state index contributed by atoms with van der Waals surface area (Å²) in [5.74, 6) is 0. The largest absolute Gasteiger partial charge is 0.338 e. The van der Waals surface area contributed by atoms with Crippen LogP contribution in [0.2, 0.25) is 0 Å². The molecule has 0 radical (unpaired) electrons. The second kappa shape index (κ2) is 10.4. The van der Waals surface area contributed by atoms with Crippen molar-refractivity contribution in [3.8, 4) is 0 Å². The number of hydrogen-bond donors (Lipinski definition) is 1. The van der Waals surface area contributed by atoms with Crippen LogP contribution in [0.3, 0.4) is 0 Å². The fourth-order valence-corrected chi connectivity index (χ4v) is 5.66. The first kappa shape index (κ1) is 21.3. The second-order valence-corrected chi connectivity index (χ2v) is 9.47. The Morgan fingerprint density at radius 3 is 2.97 bits per heavy atom. The second-order valence-electron chi connectivity index (χ2n) is 8.53. The molecule has 0 saturated heterocycles. The number of aromatic nitrogens is 1. The Labute approximate surface area is 184 Å². The highest BCUT2D eigenvalue weighted by atomic mass is 32.1. The van der Waals surface area contributed by atoms with Gasteiger partial charge in [0.25, 0.3) is 0 Å². The zero-order valence-corrected chi connectivity index (χ0v) is 18.9. The summed E-state index contributed by atoms with van der Waals surface area (Å²) >= 11 is 1.82. The van der Waals surface area contributed by atoms with Gasteiger partial charge in [0.05, 0.1) is 11.2 Å². The van der Waals surface area contributed by atoms with Crippen LogP contribution >= 0.6 is 11.3 Å². The average molecular weight is 427 g/mol. The molecule has 0 saturated carbocycles. The number of fused-ring (bicyclic) bond motifs is 2. The van der Waals surface area contributed by atoms with Crippen LogP contribution in [0.4, 0.5) is 4.79 Å². The lowest BCUT2D eigenvalue weighted by molar-refractivity contribution is 0.175. The van der Waals surface area contributed by atoms with Crippen molar-refractivity contribution < 1.29 is 4.79 Å². The number of aryl methyl sites for hydroxylation is 1. The number of unbranched alkanes of at least 4 members (excludes halogenated alkanes) is 1. The number of benzene rings is 1. The molecule has 4 rings (SSSR count). The monoisotopic (exact) mass is 426 g/mol. The molecule has 2 aromatic rings. The maximum Gasteiger partial charge on any atom is 0.317 e. The van der Waals surface area contributed by atoms with Gasteiger partial charge in [0.2, 0.25) is 0 Å². The topological polar surface area (TPSA) is 48.5 Å². The minimum atomic E-state index is 0.0833. The first-order chi connectivity index (χ1) is 14.7. The van der Waals surface area contributed by atoms with E-state index >= 15 is 0 Å². The molecule has 1 N–H and O–H groups in total. The van der Waals surface area contributed by atoms with Gasteiger partial charge in [-0.2, -0.15) is 0 Å². The van der Waals surface area contributed by atoms with Crippen LogP contribution < -0.4 is 5.32 Å². The van der Waals surface area contributed by atoms with Crippen LogP contribution in [0.15, 0.2) is 29.8 Å². The molecule has 1 aliphatic carbocycles. The number of hydrogen-bond acceptors (Lipinski definition) is 4. The van der Waals surface area contributed by atoms with Crippen molar-refractivity contribution in [3.63, 3.8) is 0 Å². The van der Waals surface area contributed by atoms with E-state index in [1.165, 1.54) is 41.1 Å². The quantitative estimate of drug-likeness (QED) is 0.642. The SMILES string of the molecule is CCCN(CCCCNC(=O)N1CCc2ccccc2C1)C1CCc2ncsc2C1. The summed E-state index contributed by atoms with van der Waals surface area (Å²) in [4.78, 5) is 23.2. The third kappa shape index (κ3) is 5.22. The lowest BCUT2D eigenvalue weighted by Gasteiger charge is -2.34. The van der Waals surface area contributed by atoms with Gasteiger partial charge in [-0.15, -0.1) is 11.3 Å². The fourth-order valence-electron chi connectivity index (χ4n) is 4.77. The van der Waals surface area contributed by atoms with Crippen LogP contribution in [0.5, 0.6) is 0 Å². The van der Waals surface area contributed by atoms with E-state index in [-0.39, 0.29) is 6.03 Å². The lowest BCUT2D eigenvalue weighted by atomic mass is 9.96. The number of amides is 2. The standard InChI is InChI=1S/C24H34N4OS/c1-2-13-27(21-9-10-22-23(16-21)30-18-26-22)14-6-5-12-25-24(29)28-15-11-19-7-3-4-8-20(19)17-28/h3-4,7-8,18,21H,2,5-6,9-17H2,1H3,(H,25,29). The molecular weight excluding hydrogens is 392 g/mol. The van der Waals surface area contributed by atoms with Crippen LogP contribution in [-0.4, -0.2) is 53.0 Å². The number of rotatable bonds is 8.